The van der Waals surface area contributed by atoms with Crippen molar-refractivity contribution in [2.45, 2.75) is 18.9 Å². The summed E-state index contributed by atoms with van der Waals surface area (Å²) in [5.74, 6) is -1.41. The van der Waals surface area contributed by atoms with Crippen LogP contribution >= 0.6 is 0 Å². The monoisotopic (exact) mass is 188 g/mol. The van der Waals surface area contributed by atoms with E-state index in [9.17, 15) is 8.78 Å². The summed E-state index contributed by atoms with van der Waals surface area (Å²) < 4.78 is 31.7. The molecule has 1 atom stereocenters. The minimum absolute atomic E-state index is 0.154. The van der Waals surface area contributed by atoms with Gasteiger partial charge in [0, 0.05) is 12.7 Å². The van der Waals surface area contributed by atoms with Gasteiger partial charge >= 0.3 is 0 Å². The third kappa shape index (κ3) is 1.70. The zero-order valence-electron chi connectivity index (χ0n) is 7.04. The average molecular weight is 188 g/mol. The minimum atomic E-state index is -0.775. The Morgan fingerprint density at radius 3 is 2.92 bits per heavy atom. The second-order valence-corrected chi connectivity index (χ2v) is 3.11. The highest BCUT2D eigenvalue weighted by atomic mass is 19.1. The molecular weight excluding hydrogens is 178 g/mol. The Hall–Kier alpha value is -0.970. The van der Waals surface area contributed by atoms with Crippen LogP contribution in [0.15, 0.2) is 6.07 Å². The molecule has 1 saturated heterocycles. The van der Waals surface area contributed by atoms with E-state index in [2.05, 4.69) is 5.10 Å². The predicted molar refractivity (Wildman–Crippen MR) is 41.2 cm³/mol. The van der Waals surface area contributed by atoms with Crippen LogP contribution < -0.4 is 0 Å². The summed E-state index contributed by atoms with van der Waals surface area (Å²) >= 11 is 0. The Bertz CT molecular complexity index is 294. The second kappa shape index (κ2) is 3.41. The lowest BCUT2D eigenvalue weighted by atomic mass is 10.1. The van der Waals surface area contributed by atoms with E-state index in [0.29, 0.717) is 13.2 Å². The molecule has 1 aromatic heterocycles. The molecule has 1 unspecified atom stereocenters. The fraction of sp³-hybridized carbons (Fsp3) is 0.625. The van der Waals surface area contributed by atoms with Gasteiger partial charge in [-0.05, 0) is 12.8 Å². The van der Waals surface area contributed by atoms with Crippen molar-refractivity contribution in [2.24, 2.45) is 0 Å². The molecule has 0 saturated carbocycles. The van der Waals surface area contributed by atoms with E-state index >= 15 is 0 Å². The van der Waals surface area contributed by atoms with Gasteiger partial charge in [-0.1, -0.05) is 0 Å². The van der Waals surface area contributed by atoms with Crippen LogP contribution in [0.5, 0.6) is 0 Å². The maximum atomic E-state index is 13.0. The first-order valence-corrected chi connectivity index (χ1v) is 4.25. The SMILES string of the molecule is Fc1cc(F)n(C2CCCOC2)n1. The smallest absolute Gasteiger partial charge is 0.235 e. The lowest BCUT2D eigenvalue weighted by Gasteiger charge is -2.22. The molecule has 0 spiro atoms. The van der Waals surface area contributed by atoms with Crippen LogP contribution in [0.4, 0.5) is 8.78 Å². The van der Waals surface area contributed by atoms with Crippen LogP contribution in [0.25, 0.3) is 0 Å². The Kier molecular flexibility index (Phi) is 2.26. The molecule has 1 fully saturated rings. The topological polar surface area (TPSA) is 27.1 Å². The van der Waals surface area contributed by atoms with Gasteiger partial charge in [-0.3, -0.25) is 0 Å². The fourth-order valence-electron chi connectivity index (χ4n) is 1.52. The molecule has 0 aromatic carbocycles. The summed E-state index contributed by atoms with van der Waals surface area (Å²) in [4.78, 5) is 0. The Morgan fingerprint density at radius 1 is 1.54 bits per heavy atom. The van der Waals surface area contributed by atoms with Gasteiger partial charge in [0.25, 0.3) is 0 Å². The van der Waals surface area contributed by atoms with Gasteiger partial charge in [0.15, 0.2) is 0 Å². The molecule has 0 amide bonds. The third-order valence-electron chi connectivity index (χ3n) is 2.14. The van der Waals surface area contributed by atoms with Crippen molar-refractivity contribution in [3.63, 3.8) is 0 Å². The van der Waals surface area contributed by atoms with Crippen molar-refractivity contribution in [2.75, 3.05) is 13.2 Å². The Morgan fingerprint density at radius 2 is 2.38 bits per heavy atom. The molecule has 2 heterocycles. The first-order chi connectivity index (χ1) is 6.27. The van der Waals surface area contributed by atoms with Crippen molar-refractivity contribution in [3.05, 3.63) is 18.0 Å². The predicted octanol–water partition coefficient (Wildman–Crippen LogP) is 1.51. The first kappa shape index (κ1) is 8.62. The normalized spacial score (nSPS) is 23.4. The van der Waals surface area contributed by atoms with Crippen LogP contribution in [-0.4, -0.2) is 23.0 Å². The maximum Gasteiger partial charge on any atom is 0.235 e. The van der Waals surface area contributed by atoms with Crippen molar-refractivity contribution in [1.82, 2.24) is 9.78 Å². The Labute approximate surface area is 74.3 Å². The van der Waals surface area contributed by atoms with Crippen molar-refractivity contribution in [1.29, 1.82) is 0 Å². The van der Waals surface area contributed by atoms with Gasteiger partial charge in [-0.25, -0.2) is 4.68 Å². The minimum Gasteiger partial charge on any atom is -0.379 e. The van der Waals surface area contributed by atoms with Gasteiger partial charge in [0.2, 0.25) is 11.9 Å². The van der Waals surface area contributed by atoms with Gasteiger partial charge in [0.05, 0.1) is 12.6 Å². The molecule has 0 radical (unpaired) electrons. The van der Waals surface area contributed by atoms with E-state index in [1.165, 1.54) is 0 Å². The molecule has 2 rings (SSSR count). The summed E-state index contributed by atoms with van der Waals surface area (Å²) in [5.41, 5.74) is 0. The van der Waals surface area contributed by atoms with Gasteiger partial charge in [-0.15, -0.1) is 5.10 Å². The molecule has 13 heavy (non-hydrogen) atoms. The third-order valence-corrected chi connectivity index (χ3v) is 2.14. The van der Waals surface area contributed by atoms with Crippen molar-refractivity contribution in [3.8, 4) is 0 Å². The average Bonchev–Trinajstić information content (AvgIpc) is 2.47. The summed E-state index contributed by atoms with van der Waals surface area (Å²) in [6, 6.07) is 0.632. The fourth-order valence-corrected chi connectivity index (χ4v) is 1.52. The van der Waals surface area contributed by atoms with Crippen molar-refractivity contribution >= 4 is 0 Å². The molecule has 0 N–H and O–H groups in total. The van der Waals surface area contributed by atoms with Crippen LogP contribution in [0, 0.1) is 11.9 Å². The molecule has 5 heteroatoms. The number of hydrogen-bond acceptors (Lipinski definition) is 2. The lowest BCUT2D eigenvalue weighted by molar-refractivity contribution is 0.0500. The molecule has 3 nitrogen and oxygen atoms in total. The molecule has 72 valence electrons. The maximum absolute atomic E-state index is 13.0. The second-order valence-electron chi connectivity index (χ2n) is 3.11. The highest BCUT2D eigenvalue weighted by Crippen LogP contribution is 2.20. The van der Waals surface area contributed by atoms with Crippen LogP contribution in [0.1, 0.15) is 18.9 Å². The molecule has 0 aliphatic carbocycles. The van der Waals surface area contributed by atoms with E-state index in [1.54, 1.807) is 0 Å². The Balaban J connectivity index is 2.18. The standard InChI is InChI=1S/C8H10F2N2O/c9-7-4-8(10)12(11-7)6-2-1-3-13-5-6/h4,6H,1-3,5H2. The van der Waals surface area contributed by atoms with Gasteiger partial charge in [-0.2, -0.15) is 8.78 Å². The highest BCUT2D eigenvalue weighted by molar-refractivity contribution is 4.89. The molecule has 1 aliphatic heterocycles. The number of aromatic nitrogens is 2. The number of halogens is 2. The summed E-state index contributed by atoms with van der Waals surface area (Å²) in [6.07, 6.45) is 1.66. The van der Waals surface area contributed by atoms with Crippen LogP contribution in [-0.2, 0) is 4.74 Å². The molecular formula is C8H10F2N2O. The molecule has 1 aliphatic rings. The van der Waals surface area contributed by atoms with E-state index in [-0.39, 0.29) is 6.04 Å². The number of nitrogens with zero attached hydrogens (tertiary/aromatic N) is 2. The zero-order valence-corrected chi connectivity index (χ0v) is 7.04. The zero-order chi connectivity index (χ0) is 9.26. The van der Waals surface area contributed by atoms with E-state index in [0.717, 1.165) is 23.6 Å². The highest BCUT2D eigenvalue weighted by Gasteiger charge is 2.20. The van der Waals surface area contributed by atoms with E-state index < -0.39 is 11.9 Å². The largest absolute Gasteiger partial charge is 0.379 e. The van der Waals surface area contributed by atoms with E-state index in [1.807, 2.05) is 0 Å². The lowest BCUT2D eigenvalue weighted by Crippen LogP contribution is -2.23. The number of ether oxygens (including phenoxy) is 1. The molecule has 1 aromatic rings. The quantitative estimate of drug-likeness (QED) is 0.668. The van der Waals surface area contributed by atoms with Gasteiger partial charge < -0.3 is 4.74 Å². The summed E-state index contributed by atoms with van der Waals surface area (Å²) in [6.45, 7) is 1.11. The summed E-state index contributed by atoms with van der Waals surface area (Å²) in [7, 11) is 0. The van der Waals surface area contributed by atoms with Crippen LogP contribution in [0.3, 0.4) is 0 Å². The number of hydrogen-bond donors (Lipinski definition) is 0. The van der Waals surface area contributed by atoms with Gasteiger partial charge in [0.1, 0.15) is 0 Å². The van der Waals surface area contributed by atoms with Crippen LogP contribution in [0.2, 0.25) is 0 Å². The molecule has 0 bridgehead atoms. The summed E-state index contributed by atoms with van der Waals surface area (Å²) in [5, 5.41) is 3.43. The van der Waals surface area contributed by atoms with E-state index in [4.69, 9.17) is 4.74 Å². The van der Waals surface area contributed by atoms with Crippen molar-refractivity contribution < 1.29 is 13.5 Å². The first-order valence-electron chi connectivity index (χ1n) is 4.25. The number of rotatable bonds is 1.